The third-order valence-corrected chi connectivity index (χ3v) is 1.33. The van der Waals surface area contributed by atoms with Gasteiger partial charge in [-0.05, 0) is 13.0 Å². The second kappa shape index (κ2) is 3.71. The molecule has 64 valence electrons. The summed E-state index contributed by atoms with van der Waals surface area (Å²) in [6, 6.07) is 1.58. The molecule has 0 unspecified atom stereocenters. The van der Waals surface area contributed by atoms with Gasteiger partial charge >= 0.3 is 5.97 Å². The maximum Gasteiger partial charge on any atom is 0.357 e. The highest BCUT2D eigenvalue weighted by Crippen LogP contribution is 2.00. The van der Waals surface area contributed by atoms with Crippen molar-refractivity contribution in [3.63, 3.8) is 0 Å². The molecular formula is C8H10N2O2. The highest BCUT2D eigenvalue weighted by Gasteiger charge is 2.10. The lowest BCUT2D eigenvalue weighted by Gasteiger charge is -2.00. The van der Waals surface area contributed by atoms with E-state index in [0.29, 0.717) is 12.3 Å². The molecule has 0 bridgehead atoms. The topological polar surface area (TPSA) is 44.1 Å². The Kier molecular flexibility index (Phi) is 2.63. The Balaban J connectivity index is 2.86. The van der Waals surface area contributed by atoms with Crippen LogP contribution in [0.25, 0.3) is 6.20 Å². The van der Waals surface area contributed by atoms with Gasteiger partial charge in [0, 0.05) is 6.20 Å². The fourth-order valence-corrected chi connectivity index (χ4v) is 0.826. The number of carbonyl (C=O) groups excluding carboxylic acids is 1. The summed E-state index contributed by atoms with van der Waals surface area (Å²) < 4.78 is 6.15. The molecule has 4 nitrogen and oxygen atoms in total. The first-order chi connectivity index (χ1) is 5.79. The molecule has 4 heteroatoms. The first-order valence-electron chi connectivity index (χ1n) is 3.62. The van der Waals surface area contributed by atoms with Crippen LogP contribution in [0.15, 0.2) is 18.8 Å². The maximum atomic E-state index is 11.2. The molecule has 0 amide bonds. The summed E-state index contributed by atoms with van der Waals surface area (Å²) >= 11 is 0. The van der Waals surface area contributed by atoms with Gasteiger partial charge in [-0.25, -0.2) is 9.48 Å². The average molecular weight is 166 g/mol. The Hall–Kier alpha value is -1.58. The molecule has 0 atom stereocenters. The minimum absolute atomic E-state index is 0.362. The van der Waals surface area contributed by atoms with Gasteiger partial charge in [-0.3, -0.25) is 0 Å². The quantitative estimate of drug-likeness (QED) is 0.633. The fraction of sp³-hybridized carbons (Fsp3) is 0.250. The van der Waals surface area contributed by atoms with Crippen LogP contribution in [0.1, 0.15) is 17.4 Å². The predicted molar refractivity (Wildman–Crippen MR) is 44.6 cm³/mol. The van der Waals surface area contributed by atoms with Gasteiger partial charge < -0.3 is 4.74 Å². The van der Waals surface area contributed by atoms with Crippen molar-refractivity contribution in [2.24, 2.45) is 0 Å². The molecule has 1 rings (SSSR count). The van der Waals surface area contributed by atoms with E-state index in [4.69, 9.17) is 4.74 Å². The van der Waals surface area contributed by atoms with Crippen molar-refractivity contribution in [3.05, 3.63) is 24.5 Å². The van der Waals surface area contributed by atoms with E-state index in [1.165, 1.54) is 17.1 Å². The lowest BCUT2D eigenvalue weighted by atomic mass is 10.4. The summed E-state index contributed by atoms with van der Waals surface area (Å²) in [5, 5.41) is 3.84. The molecule has 0 radical (unpaired) electrons. The van der Waals surface area contributed by atoms with Crippen molar-refractivity contribution >= 4 is 12.2 Å². The zero-order chi connectivity index (χ0) is 8.97. The van der Waals surface area contributed by atoms with Gasteiger partial charge in [0.05, 0.1) is 12.8 Å². The Morgan fingerprint density at radius 3 is 3.25 bits per heavy atom. The molecule has 0 saturated carbocycles. The van der Waals surface area contributed by atoms with Crippen LogP contribution in [-0.2, 0) is 4.74 Å². The number of hydrogen-bond donors (Lipinski definition) is 0. The molecule has 0 aliphatic heterocycles. The number of ether oxygens (including phenoxy) is 1. The average Bonchev–Trinajstić information content (AvgIpc) is 2.51. The van der Waals surface area contributed by atoms with E-state index in [9.17, 15) is 4.79 Å². The van der Waals surface area contributed by atoms with Crippen LogP contribution in [0.3, 0.4) is 0 Å². The Labute approximate surface area is 70.4 Å². The van der Waals surface area contributed by atoms with E-state index >= 15 is 0 Å². The summed E-state index contributed by atoms with van der Waals surface area (Å²) in [5.41, 5.74) is 0.395. The van der Waals surface area contributed by atoms with Crippen molar-refractivity contribution in [1.29, 1.82) is 0 Å². The zero-order valence-electron chi connectivity index (χ0n) is 6.86. The first-order valence-corrected chi connectivity index (χ1v) is 3.62. The Bertz CT molecular complexity index is 291. The van der Waals surface area contributed by atoms with Gasteiger partial charge in [0.2, 0.25) is 0 Å². The normalized spacial score (nSPS) is 9.42. The molecule has 0 aliphatic rings. The van der Waals surface area contributed by atoms with E-state index in [1.807, 2.05) is 0 Å². The van der Waals surface area contributed by atoms with Crippen molar-refractivity contribution in [1.82, 2.24) is 9.78 Å². The molecule has 1 aromatic rings. The van der Waals surface area contributed by atoms with Gasteiger partial charge in [-0.1, -0.05) is 6.58 Å². The number of nitrogens with zero attached hydrogens (tertiary/aromatic N) is 2. The summed E-state index contributed by atoms with van der Waals surface area (Å²) in [6.45, 7) is 5.62. The second-order valence-electron chi connectivity index (χ2n) is 2.06. The predicted octanol–water partition coefficient (Wildman–Crippen LogP) is 1.16. The number of hydrogen-bond acceptors (Lipinski definition) is 3. The third kappa shape index (κ3) is 1.53. The van der Waals surface area contributed by atoms with Crippen molar-refractivity contribution < 1.29 is 9.53 Å². The highest BCUT2D eigenvalue weighted by molar-refractivity contribution is 5.88. The number of aromatic nitrogens is 2. The molecule has 12 heavy (non-hydrogen) atoms. The smallest absolute Gasteiger partial charge is 0.357 e. The summed E-state index contributed by atoms with van der Waals surface area (Å²) in [6.07, 6.45) is 2.97. The molecule has 0 fully saturated rings. The van der Waals surface area contributed by atoms with E-state index in [0.717, 1.165) is 0 Å². The van der Waals surface area contributed by atoms with Crippen molar-refractivity contribution in [3.8, 4) is 0 Å². The summed E-state index contributed by atoms with van der Waals surface area (Å²) in [4.78, 5) is 11.2. The molecule has 1 heterocycles. The maximum absolute atomic E-state index is 11.2. The summed E-state index contributed by atoms with van der Waals surface area (Å²) in [7, 11) is 0. The van der Waals surface area contributed by atoms with Gasteiger partial charge in [0.1, 0.15) is 0 Å². The van der Waals surface area contributed by atoms with Gasteiger partial charge in [0.15, 0.2) is 5.69 Å². The molecule has 0 aromatic carbocycles. The van der Waals surface area contributed by atoms with Crippen LogP contribution in [0.5, 0.6) is 0 Å². The van der Waals surface area contributed by atoms with Crippen LogP contribution in [0, 0.1) is 0 Å². The van der Waals surface area contributed by atoms with E-state index in [2.05, 4.69) is 11.7 Å². The van der Waals surface area contributed by atoms with Crippen LogP contribution in [0.4, 0.5) is 0 Å². The van der Waals surface area contributed by atoms with Crippen LogP contribution in [-0.4, -0.2) is 22.4 Å². The van der Waals surface area contributed by atoms with Gasteiger partial charge in [0.25, 0.3) is 0 Å². The lowest BCUT2D eigenvalue weighted by molar-refractivity contribution is 0.0516. The zero-order valence-corrected chi connectivity index (χ0v) is 6.86. The number of rotatable bonds is 3. The van der Waals surface area contributed by atoms with Crippen LogP contribution < -0.4 is 0 Å². The molecule has 1 aromatic heterocycles. The lowest BCUT2D eigenvalue weighted by Crippen LogP contribution is -2.09. The van der Waals surface area contributed by atoms with E-state index < -0.39 is 0 Å². The number of carbonyl (C=O) groups is 1. The minimum Gasteiger partial charge on any atom is -0.461 e. The minimum atomic E-state index is -0.380. The summed E-state index contributed by atoms with van der Waals surface area (Å²) in [5.74, 6) is -0.380. The second-order valence-corrected chi connectivity index (χ2v) is 2.06. The van der Waals surface area contributed by atoms with Gasteiger partial charge in [-0.2, -0.15) is 5.10 Å². The monoisotopic (exact) mass is 166 g/mol. The van der Waals surface area contributed by atoms with Crippen molar-refractivity contribution in [2.75, 3.05) is 6.61 Å². The molecule has 0 N–H and O–H groups in total. The molecule has 0 spiro atoms. The first kappa shape index (κ1) is 8.52. The standard InChI is InChI=1S/C8H10N2O2/c1-3-10-7(5-6-9-10)8(11)12-4-2/h3,5-6H,1,4H2,2H3. The van der Waals surface area contributed by atoms with Crippen LogP contribution >= 0.6 is 0 Å². The SMILES string of the molecule is C=Cn1nccc1C(=O)OCC. The highest BCUT2D eigenvalue weighted by atomic mass is 16.5. The van der Waals surface area contributed by atoms with E-state index in [1.54, 1.807) is 13.0 Å². The van der Waals surface area contributed by atoms with E-state index in [-0.39, 0.29) is 5.97 Å². The van der Waals surface area contributed by atoms with Crippen LogP contribution in [0.2, 0.25) is 0 Å². The molecule has 0 aliphatic carbocycles. The molecule has 0 saturated heterocycles. The third-order valence-electron chi connectivity index (χ3n) is 1.33. The Morgan fingerprint density at radius 1 is 1.92 bits per heavy atom. The largest absolute Gasteiger partial charge is 0.461 e. The fourth-order valence-electron chi connectivity index (χ4n) is 0.826. The molecular weight excluding hydrogens is 156 g/mol. The Morgan fingerprint density at radius 2 is 2.67 bits per heavy atom. The van der Waals surface area contributed by atoms with Crippen molar-refractivity contribution in [2.45, 2.75) is 6.92 Å². The number of esters is 1. The van der Waals surface area contributed by atoms with Gasteiger partial charge in [-0.15, -0.1) is 0 Å².